The van der Waals surface area contributed by atoms with Crippen LogP contribution in [0.3, 0.4) is 0 Å². The molecule has 0 saturated carbocycles. The van der Waals surface area contributed by atoms with Gasteiger partial charge in [-0.1, -0.05) is 44.2 Å². The zero-order valence-electron chi connectivity index (χ0n) is 19.3. The Bertz CT molecular complexity index is 1080. The van der Waals surface area contributed by atoms with Crippen molar-refractivity contribution in [3.8, 4) is 0 Å². The second-order valence-electron chi connectivity index (χ2n) is 7.98. The average molecular weight is 475 g/mol. The minimum Gasteiger partial charge on any atom is -0.465 e. The van der Waals surface area contributed by atoms with Crippen molar-refractivity contribution in [2.45, 2.75) is 38.3 Å². The third kappa shape index (κ3) is 7.71. The van der Waals surface area contributed by atoms with Crippen LogP contribution in [0.4, 0.5) is 0 Å². The molecule has 0 fully saturated rings. The second kappa shape index (κ2) is 11.6. The summed E-state index contributed by atoms with van der Waals surface area (Å²) in [4.78, 5) is 39.7. The maximum absolute atomic E-state index is 13.5. The molecule has 0 aliphatic heterocycles. The van der Waals surface area contributed by atoms with E-state index in [-0.39, 0.29) is 30.5 Å². The Labute approximate surface area is 194 Å². The highest BCUT2D eigenvalue weighted by atomic mass is 32.2. The predicted octanol–water partition coefficient (Wildman–Crippen LogP) is 2.44. The maximum atomic E-state index is 13.5. The summed E-state index contributed by atoms with van der Waals surface area (Å²) < 4.78 is 28.9. The minimum atomic E-state index is -3.44. The van der Waals surface area contributed by atoms with E-state index in [1.807, 2.05) is 0 Å². The summed E-state index contributed by atoms with van der Waals surface area (Å²) in [5, 5.41) is 2.76. The molecular formula is C24H30N2O6S. The molecule has 178 valence electrons. The highest BCUT2D eigenvalue weighted by molar-refractivity contribution is 7.90. The van der Waals surface area contributed by atoms with Crippen molar-refractivity contribution in [3.05, 3.63) is 65.7 Å². The predicted molar refractivity (Wildman–Crippen MR) is 124 cm³/mol. The van der Waals surface area contributed by atoms with Gasteiger partial charge < -0.3 is 15.0 Å². The topological polar surface area (TPSA) is 110 Å². The van der Waals surface area contributed by atoms with Crippen LogP contribution in [-0.2, 0) is 30.7 Å². The number of esters is 1. The van der Waals surface area contributed by atoms with Gasteiger partial charge in [-0.05, 0) is 42.7 Å². The molecule has 2 rings (SSSR count). The molecule has 0 bridgehead atoms. The normalized spacial score (nSPS) is 12.2. The Morgan fingerprint density at radius 3 is 2.27 bits per heavy atom. The Morgan fingerprint density at radius 1 is 1.03 bits per heavy atom. The Hall–Kier alpha value is -3.20. The van der Waals surface area contributed by atoms with Crippen molar-refractivity contribution in [1.29, 1.82) is 0 Å². The lowest BCUT2D eigenvalue weighted by molar-refractivity contribution is -0.150. The fourth-order valence-corrected chi connectivity index (χ4v) is 3.88. The molecule has 1 atom stereocenters. The molecule has 2 aromatic rings. The monoisotopic (exact) mass is 474 g/mol. The summed E-state index contributed by atoms with van der Waals surface area (Å²) in [6.07, 6.45) is 1.10. The number of rotatable bonds is 10. The van der Waals surface area contributed by atoms with Gasteiger partial charge >= 0.3 is 5.97 Å². The van der Waals surface area contributed by atoms with Crippen LogP contribution < -0.4 is 5.32 Å². The molecule has 9 heteroatoms. The number of carbonyl (C=O) groups is 3. The van der Waals surface area contributed by atoms with Gasteiger partial charge in [-0.2, -0.15) is 0 Å². The number of hydrogen-bond acceptors (Lipinski definition) is 6. The highest BCUT2D eigenvalue weighted by Crippen LogP contribution is 2.16. The number of nitrogens with zero attached hydrogens (tertiary/aromatic N) is 1. The lowest BCUT2D eigenvalue weighted by Crippen LogP contribution is -2.52. The average Bonchev–Trinajstić information content (AvgIpc) is 2.76. The van der Waals surface area contributed by atoms with Gasteiger partial charge in [0.05, 0.1) is 11.5 Å². The fourth-order valence-electron chi connectivity index (χ4n) is 3.19. The lowest BCUT2D eigenvalue weighted by atomic mass is 10.0. The van der Waals surface area contributed by atoms with Crippen molar-refractivity contribution in [3.63, 3.8) is 0 Å². The number of benzene rings is 2. The zero-order chi connectivity index (χ0) is 24.6. The van der Waals surface area contributed by atoms with Crippen LogP contribution in [0.1, 0.15) is 36.7 Å². The third-order valence-corrected chi connectivity index (χ3v) is 6.00. The molecule has 0 aliphatic rings. The molecule has 2 aromatic carbocycles. The lowest BCUT2D eigenvalue weighted by Gasteiger charge is -2.29. The van der Waals surface area contributed by atoms with Gasteiger partial charge in [-0.25, -0.2) is 8.42 Å². The van der Waals surface area contributed by atoms with E-state index in [4.69, 9.17) is 4.74 Å². The second-order valence-corrected chi connectivity index (χ2v) is 10.00. The summed E-state index contributed by atoms with van der Waals surface area (Å²) in [5.74, 6) is -1.73. The zero-order valence-corrected chi connectivity index (χ0v) is 20.1. The first kappa shape index (κ1) is 26.1. The first-order chi connectivity index (χ1) is 15.5. The number of hydrogen-bond donors (Lipinski definition) is 1. The molecule has 8 nitrogen and oxygen atoms in total. The largest absolute Gasteiger partial charge is 0.465 e. The number of amides is 2. The quantitative estimate of drug-likeness (QED) is 0.530. The van der Waals surface area contributed by atoms with E-state index >= 15 is 0 Å². The van der Waals surface area contributed by atoms with Crippen LogP contribution in [0.25, 0.3) is 0 Å². The molecule has 0 heterocycles. The summed E-state index contributed by atoms with van der Waals surface area (Å²) in [6.45, 7) is 5.05. The molecule has 0 saturated heterocycles. The van der Waals surface area contributed by atoms with Crippen LogP contribution in [0.15, 0.2) is 59.5 Å². The summed E-state index contributed by atoms with van der Waals surface area (Å²) in [7, 11) is -3.44. The molecule has 1 N–H and O–H groups in total. The van der Waals surface area contributed by atoms with Crippen molar-refractivity contribution >= 4 is 27.6 Å². The van der Waals surface area contributed by atoms with Gasteiger partial charge in [-0.15, -0.1) is 0 Å². The molecule has 0 aliphatic carbocycles. The number of ether oxygens (including phenoxy) is 1. The Balaban J connectivity index is 2.32. The van der Waals surface area contributed by atoms with Gasteiger partial charge in [-0.3, -0.25) is 14.4 Å². The number of sulfone groups is 1. The standard InChI is InChI=1S/C24H30N2O6S/c1-5-32-21(27)16-26(15-18-10-9-13-20(14-18)33(4,30)31)24(29)22(17(2)3)25-23(28)19-11-7-6-8-12-19/h6-14,17,22H,5,15-16H2,1-4H3,(H,25,28). The van der Waals surface area contributed by atoms with Crippen LogP contribution in [0.2, 0.25) is 0 Å². The van der Waals surface area contributed by atoms with E-state index in [0.29, 0.717) is 11.1 Å². The van der Waals surface area contributed by atoms with E-state index in [1.54, 1.807) is 63.2 Å². The van der Waals surface area contributed by atoms with Crippen molar-refractivity contribution in [1.82, 2.24) is 10.2 Å². The van der Waals surface area contributed by atoms with E-state index in [2.05, 4.69) is 5.32 Å². The van der Waals surface area contributed by atoms with Gasteiger partial charge in [0.15, 0.2) is 9.84 Å². The Morgan fingerprint density at radius 2 is 1.70 bits per heavy atom. The molecule has 2 amide bonds. The molecule has 0 radical (unpaired) electrons. The maximum Gasteiger partial charge on any atom is 0.325 e. The van der Waals surface area contributed by atoms with Crippen molar-refractivity contribution < 1.29 is 27.5 Å². The minimum absolute atomic E-state index is 0.0224. The smallest absolute Gasteiger partial charge is 0.325 e. The summed E-state index contributed by atoms with van der Waals surface area (Å²) in [5.41, 5.74) is 0.946. The number of nitrogens with one attached hydrogen (secondary N) is 1. The van der Waals surface area contributed by atoms with E-state index < -0.39 is 33.7 Å². The van der Waals surface area contributed by atoms with Crippen LogP contribution in [-0.4, -0.2) is 56.6 Å². The van der Waals surface area contributed by atoms with E-state index in [0.717, 1.165) is 6.26 Å². The van der Waals surface area contributed by atoms with Crippen LogP contribution in [0.5, 0.6) is 0 Å². The fraction of sp³-hybridized carbons (Fsp3) is 0.375. The van der Waals surface area contributed by atoms with Crippen LogP contribution >= 0.6 is 0 Å². The SMILES string of the molecule is CCOC(=O)CN(Cc1cccc(S(C)(=O)=O)c1)C(=O)C(NC(=O)c1ccccc1)C(C)C. The molecule has 0 spiro atoms. The number of carbonyl (C=O) groups excluding carboxylic acids is 3. The summed E-state index contributed by atoms with van der Waals surface area (Å²) in [6, 6.07) is 13.8. The van der Waals surface area contributed by atoms with E-state index in [9.17, 15) is 22.8 Å². The van der Waals surface area contributed by atoms with Gasteiger partial charge in [0.25, 0.3) is 5.91 Å². The van der Waals surface area contributed by atoms with Crippen molar-refractivity contribution in [2.75, 3.05) is 19.4 Å². The van der Waals surface area contributed by atoms with Gasteiger partial charge in [0.1, 0.15) is 12.6 Å². The van der Waals surface area contributed by atoms with Gasteiger partial charge in [0.2, 0.25) is 5.91 Å². The third-order valence-electron chi connectivity index (χ3n) is 4.89. The molecule has 0 aromatic heterocycles. The van der Waals surface area contributed by atoms with Gasteiger partial charge in [0, 0.05) is 18.4 Å². The first-order valence-electron chi connectivity index (χ1n) is 10.6. The first-order valence-corrected chi connectivity index (χ1v) is 12.5. The van der Waals surface area contributed by atoms with Crippen molar-refractivity contribution in [2.24, 2.45) is 5.92 Å². The Kier molecular flexibility index (Phi) is 9.16. The van der Waals surface area contributed by atoms with Crippen LogP contribution in [0, 0.1) is 5.92 Å². The summed E-state index contributed by atoms with van der Waals surface area (Å²) >= 11 is 0. The molecule has 33 heavy (non-hydrogen) atoms. The molecule has 1 unspecified atom stereocenters. The van der Waals surface area contributed by atoms with E-state index in [1.165, 1.54) is 17.0 Å². The molecular weight excluding hydrogens is 444 g/mol. The highest BCUT2D eigenvalue weighted by Gasteiger charge is 2.30.